The van der Waals surface area contributed by atoms with Gasteiger partial charge in [0, 0.05) is 34.6 Å². The Morgan fingerprint density at radius 1 is 0.429 bits per heavy atom. The van der Waals surface area contributed by atoms with Crippen LogP contribution in [0.1, 0.15) is 0 Å². The summed E-state index contributed by atoms with van der Waals surface area (Å²) in [5.41, 5.74) is 26.7. The SMILES string of the molecule is Nc1cccc(Oc2nnc(N)nc2-c2ccccc2)c1.Nc1cccc(Oc2nnc(N)nc2-c2ccccc2)c1. The number of rotatable bonds is 6. The summed E-state index contributed by atoms with van der Waals surface area (Å²) in [6.45, 7) is 0. The van der Waals surface area contributed by atoms with E-state index >= 15 is 0 Å². The topological polar surface area (TPSA) is 200 Å². The normalized spacial score (nSPS) is 10.3. The lowest BCUT2D eigenvalue weighted by Gasteiger charge is -2.09. The number of hydrogen-bond donors (Lipinski definition) is 4. The number of anilines is 4. The Labute approximate surface area is 241 Å². The van der Waals surface area contributed by atoms with Crippen LogP contribution in [0.25, 0.3) is 22.5 Å². The highest BCUT2D eigenvalue weighted by molar-refractivity contribution is 5.66. The van der Waals surface area contributed by atoms with Gasteiger partial charge in [0.1, 0.15) is 22.9 Å². The zero-order chi connectivity index (χ0) is 29.3. The van der Waals surface area contributed by atoms with Crippen LogP contribution in [-0.4, -0.2) is 30.4 Å². The minimum Gasteiger partial charge on any atom is -0.436 e. The molecule has 8 N–H and O–H groups in total. The van der Waals surface area contributed by atoms with Crippen LogP contribution in [0.2, 0.25) is 0 Å². The van der Waals surface area contributed by atoms with Gasteiger partial charge in [-0.15, -0.1) is 20.4 Å². The van der Waals surface area contributed by atoms with Gasteiger partial charge >= 0.3 is 0 Å². The van der Waals surface area contributed by atoms with Crippen molar-refractivity contribution < 1.29 is 9.47 Å². The standard InChI is InChI=1S/2C15H13N5O/c2*16-11-7-4-8-12(9-11)21-14-13(18-15(17)20-19-14)10-5-2-1-3-6-10/h2*1-9H,16H2,(H2,17,18,20). The molecule has 2 aromatic heterocycles. The molecule has 0 fully saturated rings. The first kappa shape index (κ1) is 27.3. The lowest BCUT2D eigenvalue weighted by Crippen LogP contribution is -2.02. The molecule has 0 saturated heterocycles. The molecular weight excluding hydrogens is 532 g/mol. The average Bonchev–Trinajstić information content (AvgIpc) is 3.00. The second-order valence-corrected chi connectivity index (χ2v) is 8.73. The molecule has 0 amide bonds. The predicted octanol–water partition coefficient (Wildman–Crippen LogP) is 4.99. The Bertz CT molecular complexity index is 1650. The van der Waals surface area contributed by atoms with Crippen molar-refractivity contribution in [3.8, 4) is 45.8 Å². The summed E-state index contributed by atoms with van der Waals surface area (Å²) < 4.78 is 11.5. The van der Waals surface area contributed by atoms with Gasteiger partial charge in [0.15, 0.2) is 0 Å². The number of nitrogen functional groups attached to an aromatic ring is 4. The first-order chi connectivity index (χ1) is 20.4. The molecule has 12 nitrogen and oxygen atoms in total. The Hall–Kier alpha value is -6.30. The van der Waals surface area contributed by atoms with E-state index in [1.54, 1.807) is 48.5 Å². The lowest BCUT2D eigenvalue weighted by atomic mass is 10.1. The summed E-state index contributed by atoms with van der Waals surface area (Å²) in [7, 11) is 0. The van der Waals surface area contributed by atoms with Gasteiger partial charge in [-0.1, -0.05) is 72.8 Å². The third-order valence-corrected chi connectivity index (χ3v) is 5.58. The van der Waals surface area contributed by atoms with E-state index in [1.165, 1.54) is 0 Å². The Morgan fingerprint density at radius 2 is 0.833 bits per heavy atom. The molecule has 0 saturated carbocycles. The second-order valence-electron chi connectivity index (χ2n) is 8.73. The number of benzene rings is 4. The van der Waals surface area contributed by atoms with E-state index in [0.29, 0.717) is 34.3 Å². The van der Waals surface area contributed by atoms with Crippen molar-refractivity contribution in [3.05, 3.63) is 109 Å². The summed E-state index contributed by atoms with van der Waals surface area (Å²) in [5, 5.41) is 15.4. The Kier molecular flexibility index (Phi) is 8.25. The number of nitrogens with zero attached hydrogens (tertiary/aromatic N) is 6. The average molecular weight is 559 g/mol. The number of hydrogen-bond acceptors (Lipinski definition) is 12. The van der Waals surface area contributed by atoms with Gasteiger partial charge in [0.25, 0.3) is 11.8 Å². The molecule has 0 spiro atoms. The van der Waals surface area contributed by atoms with Gasteiger partial charge in [-0.2, -0.15) is 0 Å². The van der Waals surface area contributed by atoms with Crippen molar-refractivity contribution in [2.24, 2.45) is 0 Å². The molecule has 0 aliphatic carbocycles. The monoisotopic (exact) mass is 558 g/mol. The van der Waals surface area contributed by atoms with E-state index in [0.717, 1.165) is 11.1 Å². The minimum absolute atomic E-state index is 0.0915. The highest BCUT2D eigenvalue weighted by Gasteiger charge is 2.14. The van der Waals surface area contributed by atoms with Crippen LogP contribution in [0, 0.1) is 0 Å². The zero-order valence-corrected chi connectivity index (χ0v) is 22.2. The summed E-state index contributed by atoms with van der Waals surface area (Å²) in [6, 6.07) is 33.1. The van der Waals surface area contributed by atoms with Gasteiger partial charge in [-0.3, -0.25) is 0 Å². The van der Waals surface area contributed by atoms with Crippen molar-refractivity contribution in [3.63, 3.8) is 0 Å². The van der Waals surface area contributed by atoms with E-state index < -0.39 is 0 Å². The molecule has 42 heavy (non-hydrogen) atoms. The smallest absolute Gasteiger partial charge is 0.265 e. The van der Waals surface area contributed by atoms with E-state index in [4.69, 9.17) is 32.4 Å². The first-order valence-corrected chi connectivity index (χ1v) is 12.6. The molecule has 0 unspecified atom stereocenters. The molecule has 12 heteroatoms. The van der Waals surface area contributed by atoms with Crippen molar-refractivity contribution in [1.82, 2.24) is 30.4 Å². The van der Waals surface area contributed by atoms with Gasteiger partial charge in [0.2, 0.25) is 11.9 Å². The van der Waals surface area contributed by atoms with Gasteiger partial charge in [-0.05, 0) is 24.3 Å². The number of aromatic nitrogens is 6. The molecule has 0 aliphatic heterocycles. The first-order valence-electron chi connectivity index (χ1n) is 12.6. The highest BCUT2D eigenvalue weighted by atomic mass is 16.5. The van der Waals surface area contributed by atoms with Gasteiger partial charge < -0.3 is 32.4 Å². The van der Waals surface area contributed by atoms with Crippen LogP contribution in [0.3, 0.4) is 0 Å². The Morgan fingerprint density at radius 3 is 1.21 bits per heavy atom. The largest absolute Gasteiger partial charge is 0.436 e. The van der Waals surface area contributed by atoms with Crippen molar-refractivity contribution in [2.45, 2.75) is 0 Å². The van der Waals surface area contributed by atoms with Crippen molar-refractivity contribution in [2.75, 3.05) is 22.9 Å². The Balaban J connectivity index is 0.000000168. The molecule has 6 rings (SSSR count). The molecule has 0 aliphatic rings. The van der Waals surface area contributed by atoms with Gasteiger partial charge in [-0.25, -0.2) is 9.97 Å². The second kappa shape index (κ2) is 12.7. The molecule has 0 bridgehead atoms. The van der Waals surface area contributed by atoms with Crippen LogP contribution >= 0.6 is 0 Å². The fourth-order valence-electron chi connectivity index (χ4n) is 3.74. The van der Waals surface area contributed by atoms with Crippen LogP contribution in [-0.2, 0) is 0 Å². The maximum atomic E-state index is 5.73. The minimum atomic E-state index is 0.0915. The van der Waals surface area contributed by atoms with Crippen molar-refractivity contribution in [1.29, 1.82) is 0 Å². The highest BCUT2D eigenvalue weighted by Crippen LogP contribution is 2.31. The van der Waals surface area contributed by atoms with E-state index in [-0.39, 0.29) is 23.7 Å². The molecule has 208 valence electrons. The van der Waals surface area contributed by atoms with E-state index in [2.05, 4.69) is 30.4 Å². The summed E-state index contributed by atoms with van der Waals surface area (Å²) >= 11 is 0. The summed E-state index contributed by atoms with van der Waals surface area (Å²) in [6.07, 6.45) is 0. The molecule has 6 aromatic rings. The molecule has 4 aromatic carbocycles. The van der Waals surface area contributed by atoms with Crippen LogP contribution in [0.5, 0.6) is 23.3 Å². The van der Waals surface area contributed by atoms with E-state index in [9.17, 15) is 0 Å². The summed E-state index contributed by atoms with van der Waals surface area (Å²) in [4.78, 5) is 8.42. The third-order valence-electron chi connectivity index (χ3n) is 5.58. The fraction of sp³-hybridized carbons (Fsp3) is 0. The maximum absolute atomic E-state index is 5.73. The fourth-order valence-corrected chi connectivity index (χ4v) is 3.74. The quantitative estimate of drug-likeness (QED) is 0.200. The molecule has 2 heterocycles. The van der Waals surface area contributed by atoms with E-state index in [1.807, 2.05) is 60.7 Å². The third kappa shape index (κ3) is 7.01. The zero-order valence-electron chi connectivity index (χ0n) is 22.2. The molecule has 0 radical (unpaired) electrons. The van der Waals surface area contributed by atoms with Crippen LogP contribution < -0.4 is 32.4 Å². The predicted molar refractivity (Wildman–Crippen MR) is 161 cm³/mol. The maximum Gasteiger partial charge on any atom is 0.265 e. The molecule has 0 atom stereocenters. The van der Waals surface area contributed by atoms with Crippen LogP contribution in [0.15, 0.2) is 109 Å². The van der Waals surface area contributed by atoms with Gasteiger partial charge in [0.05, 0.1) is 0 Å². The molecular formula is C30H26N10O2. The number of ether oxygens (including phenoxy) is 2. The van der Waals surface area contributed by atoms with Crippen molar-refractivity contribution >= 4 is 23.3 Å². The number of nitrogens with two attached hydrogens (primary N) is 4. The summed E-state index contributed by atoms with van der Waals surface area (Å²) in [5.74, 6) is 1.87. The lowest BCUT2D eigenvalue weighted by molar-refractivity contribution is 0.454. The van der Waals surface area contributed by atoms with Crippen LogP contribution in [0.4, 0.5) is 23.3 Å².